The van der Waals surface area contributed by atoms with Gasteiger partial charge in [-0.3, -0.25) is 4.79 Å². The Kier molecular flexibility index (Phi) is 6.13. The van der Waals surface area contributed by atoms with Gasteiger partial charge in [-0.15, -0.1) is 0 Å². The second-order valence-electron chi connectivity index (χ2n) is 6.52. The molecule has 1 heterocycles. The standard InChI is InChI=1S/C17H26ClN3O2/c1-12(2)5-8-21(13-3-4-16(19)15(18)9-13)14-6-7-20(10-14)17(23)11-22/h3-4,9,12,14,22H,5-8,10-11,19H2,1-2H3. The van der Waals surface area contributed by atoms with Crippen molar-refractivity contribution in [2.24, 2.45) is 5.92 Å². The normalized spacial score (nSPS) is 17.8. The molecule has 23 heavy (non-hydrogen) atoms. The summed E-state index contributed by atoms with van der Waals surface area (Å²) in [5.41, 5.74) is 7.42. The summed E-state index contributed by atoms with van der Waals surface area (Å²) in [7, 11) is 0. The van der Waals surface area contributed by atoms with Gasteiger partial charge in [0.2, 0.25) is 5.91 Å². The molecule has 1 unspecified atom stereocenters. The second kappa shape index (κ2) is 7.88. The minimum absolute atomic E-state index is 0.202. The van der Waals surface area contributed by atoms with Crippen LogP contribution in [0.1, 0.15) is 26.7 Å². The molecule has 128 valence electrons. The maximum Gasteiger partial charge on any atom is 0.248 e. The van der Waals surface area contributed by atoms with Crippen molar-refractivity contribution in [2.75, 3.05) is 36.9 Å². The van der Waals surface area contributed by atoms with Crippen molar-refractivity contribution in [3.8, 4) is 0 Å². The number of nitrogen functional groups attached to an aromatic ring is 1. The smallest absolute Gasteiger partial charge is 0.248 e. The van der Waals surface area contributed by atoms with Gasteiger partial charge in [-0.1, -0.05) is 25.4 Å². The largest absolute Gasteiger partial charge is 0.398 e. The molecule has 0 aliphatic carbocycles. The maximum atomic E-state index is 11.7. The molecule has 0 aromatic heterocycles. The number of nitrogens with two attached hydrogens (primary N) is 1. The summed E-state index contributed by atoms with van der Waals surface area (Å²) in [6.45, 7) is 6.20. The zero-order chi connectivity index (χ0) is 17.0. The molecule has 1 aromatic carbocycles. The van der Waals surface area contributed by atoms with Gasteiger partial charge in [0.25, 0.3) is 0 Å². The third-order valence-electron chi connectivity index (χ3n) is 4.36. The lowest BCUT2D eigenvalue weighted by Crippen LogP contribution is -2.40. The zero-order valence-corrected chi connectivity index (χ0v) is 14.6. The number of hydrogen-bond donors (Lipinski definition) is 2. The van der Waals surface area contributed by atoms with Crippen LogP contribution in [0.5, 0.6) is 0 Å². The Balaban J connectivity index is 2.17. The number of hydrogen-bond acceptors (Lipinski definition) is 4. The number of nitrogens with zero attached hydrogens (tertiary/aromatic N) is 2. The number of likely N-dealkylation sites (tertiary alicyclic amines) is 1. The van der Waals surface area contributed by atoms with E-state index in [0.717, 1.165) is 25.1 Å². The summed E-state index contributed by atoms with van der Waals surface area (Å²) >= 11 is 6.18. The van der Waals surface area contributed by atoms with Gasteiger partial charge in [-0.2, -0.15) is 0 Å². The maximum absolute atomic E-state index is 11.7. The van der Waals surface area contributed by atoms with Gasteiger partial charge in [0, 0.05) is 31.4 Å². The number of halogens is 1. The molecule has 0 saturated carbocycles. The lowest BCUT2D eigenvalue weighted by molar-refractivity contribution is -0.133. The molecule has 5 nitrogen and oxygen atoms in total. The average molecular weight is 340 g/mol. The SMILES string of the molecule is CC(C)CCN(c1ccc(N)c(Cl)c1)C1CCN(C(=O)CO)C1. The lowest BCUT2D eigenvalue weighted by atomic mass is 10.1. The summed E-state index contributed by atoms with van der Waals surface area (Å²) in [5, 5.41) is 9.60. The van der Waals surface area contributed by atoms with Gasteiger partial charge in [-0.25, -0.2) is 0 Å². The van der Waals surface area contributed by atoms with E-state index in [4.69, 9.17) is 22.4 Å². The molecule has 1 saturated heterocycles. The highest BCUT2D eigenvalue weighted by atomic mass is 35.5. The van der Waals surface area contributed by atoms with E-state index in [9.17, 15) is 4.79 Å². The molecular weight excluding hydrogens is 314 g/mol. The fraction of sp³-hybridized carbons (Fsp3) is 0.588. The first-order chi connectivity index (χ1) is 10.9. The Morgan fingerprint density at radius 1 is 1.52 bits per heavy atom. The van der Waals surface area contributed by atoms with E-state index in [0.29, 0.717) is 29.7 Å². The minimum atomic E-state index is -0.424. The molecule has 1 aliphatic rings. The molecule has 1 fully saturated rings. The number of anilines is 2. The van der Waals surface area contributed by atoms with Gasteiger partial charge in [0.1, 0.15) is 6.61 Å². The van der Waals surface area contributed by atoms with Crippen molar-refractivity contribution in [1.82, 2.24) is 4.90 Å². The molecule has 0 spiro atoms. The van der Waals surface area contributed by atoms with Gasteiger partial charge in [0.15, 0.2) is 0 Å². The summed E-state index contributed by atoms with van der Waals surface area (Å²) in [5.74, 6) is 0.394. The number of benzene rings is 1. The molecule has 1 atom stereocenters. The van der Waals surface area contributed by atoms with Crippen LogP contribution in [0.3, 0.4) is 0 Å². The van der Waals surface area contributed by atoms with Crippen molar-refractivity contribution < 1.29 is 9.90 Å². The highest BCUT2D eigenvalue weighted by Crippen LogP contribution is 2.29. The van der Waals surface area contributed by atoms with Crippen molar-refractivity contribution in [2.45, 2.75) is 32.7 Å². The summed E-state index contributed by atoms with van der Waals surface area (Å²) in [4.78, 5) is 15.7. The van der Waals surface area contributed by atoms with E-state index >= 15 is 0 Å². The van der Waals surface area contributed by atoms with Crippen LogP contribution < -0.4 is 10.6 Å². The van der Waals surface area contributed by atoms with E-state index in [1.165, 1.54) is 0 Å². The van der Waals surface area contributed by atoms with Crippen LogP contribution in [0, 0.1) is 5.92 Å². The van der Waals surface area contributed by atoms with E-state index in [1.54, 1.807) is 4.90 Å². The van der Waals surface area contributed by atoms with Crippen LogP contribution in [0.4, 0.5) is 11.4 Å². The molecule has 0 bridgehead atoms. The topological polar surface area (TPSA) is 69.8 Å². The fourth-order valence-electron chi connectivity index (χ4n) is 2.94. The first-order valence-corrected chi connectivity index (χ1v) is 8.50. The Bertz CT molecular complexity index is 551. The number of rotatable bonds is 6. The first-order valence-electron chi connectivity index (χ1n) is 8.12. The number of carbonyl (C=O) groups excluding carboxylic acids is 1. The van der Waals surface area contributed by atoms with Crippen LogP contribution in [0.2, 0.25) is 5.02 Å². The van der Waals surface area contributed by atoms with Gasteiger partial charge in [0.05, 0.1) is 10.7 Å². The number of carbonyl (C=O) groups is 1. The monoisotopic (exact) mass is 339 g/mol. The van der Waals surface area contributed by atoms with Crippen molar-refractivity contribution in [1.29, 1.82) is 0 Å². The van der Waals surface area contributed by atoms with Crippen LogP contribution in [0.15, 0.2) is 18.2 Å². The van der Waals surface area contributed by atoms with Crippen molar-refractivity contribution >= 4 is 28.9 Å². The molecule has 2 rings (SSSR count). The van der Waals surface area contributed by atoms with E-state index in [-0.39, 0.29) is 11.9 Å². The quantitative estimate of drug-likeness (QED) is 0.781. The molecule has 1 amide bonds. The third-order valence-corrected chi connectivity index (χ3v) is 4.68. The highest BCUT2D eigenvalue weighted by Gasteiger charge is 2.30. The molecule has 1 aromatic rings. The predicted molar refractivity (Wildman–Crippen MR) is 94.7 cm³/mol. The van der Waals surface area contributed by atoms with Crippen molar-refractivity contribution in [3.05, 3.63) is 23.2 Å². The number of aliphatic hydroxyl groups is 1. The molecule has 6 heteroatoms. The Labute approximate surface area is 143 Å². The lowest BCUT2D eigenvalue weighted by Gasteiger charge is -2.32. The van der Waals surface area contributed by atoms with E-state index < -0.39 is 6.61 Å². The van der Waals surface area contributed by atoms with Crippen LogP contribution >= 0.6 is 11.6 Å². The molecule has 3 N–H and O–H groups in total. The van der Waals surface area contributed by atoms with E-state index in [2.05, 4.69) is 18.7 Å². The van der Waals surface area contributed by atoms with Gasteiger partial charge >= 0.3 is 0 Å². The Hall–Kier alpha value is -1.46. The summed E-state index contributed by atoms with van der Waals surface area (Å²) in [6, 6.07) is 5.95. The minimum Gasteiger partial charge on any atom is -0.398 e. The van der Waals surface area contributed by atoms with E-state index in [1.807, 2.05) is 18.2 Å². The summed E-state index contributed by atoms with van der Waals surface area (Å²) < 4.78 is 0. The first kappa shape index (κ1) is 17.9. The van der Waals surface area contributed by atoms with Gasteiger partial charge < -0.3 is 20.6 Å². The average Bonchev–Trinajstić information content (AvgIpc) is 2.99. The van der Waals surface area contributed by atoms with Crippen LogP contribution in [-0.2, 0) is 4.79 Å². The molecule has 0 radical (unpaired) electrons. The second-order valence-corrected chi connectivity index (χ2v) is 6.93. The number of aliphatic hydroxyl groups excluding tert-OH is 1. The molecule has 1 aliphatic heterocycles. The predicted octanol–water partition coefficient (Wildman–Crippen LogP) is 2.37. The Morgan fingerprint density at radius 3 is 2.87 bits per heavy atom. The van der Waals surface area contributed by atoms with Crippen molar-refractivity contribution in [3.63, 3.8) is 0 Å². The highest BCUT2D eigenvalue weighted by molar-refractivity contribution is 6.33. The Morgan fingerprint density at radius 2 is 2.26 bits per heavy atom. The number of amides is 1. The summed E-state index contributed by atoms with van der Waals surface area (Å²) in [6.07, 6.45) is 1.96. The molecular formula is C17H26ClN3O2. The zero-order valence-electron chi connectivity index (χ0n) is 13.8. The third kappa shape index (κ3) is 4.52. The van der Waals surface area contributed by atoms with Gasteiger partial charge in [-0.05, 0) is 37.0 Å². The van der Waals surface area contributed by atoms with Crippen LogP contribution in [-0.4, -0.2) is 48.2 Å². The van der Waals surface area contributed by atoms with Crippen LogP contribution in [0.25, 0.3) is 0 Å². The fourth-order valence-corrected chi connectivity index (χ4v) is 3.11.